The number of H-pyrrole nitrogens is 1. The SMILES string of the molecule is CC(C)(C)CC(C)(C)c1ccc(OCc2n[nH]c(=S)o2)cc1. The number of benzene rings is 1. The van der Waals surface area contributed by atoms with Gasteiger partial charge in [0.1, 0.15) is 5.75 Å². The topological polar surface area (TPSA) is 51.0 Å². The lowest BCUT2D eigenvalue weighted by atomic mass is 9.72. The van der Waals surface area contributed by atoms with Gasteiger partial charge in [0, 0.05) is 0 Å². The monoisotopic (exact) mass is 320 g/mol. The lowest BCUT2D eigenvalue weighted by Crippen LogP contribution is -2.24. The van der Waals surface area contributed by atoms with Crippen molar-refractivity contribution in [1.29, 1.82) is 0 Å². The van der Waals surface area contributed by atoms with E-state index in [1.165, 1.54) is 5.56 Å². The van der Waals surface area contributed by atoms with Gasteiger partial charge in [-0.3, -0.25) is 0 Å². The van der Waals surface area contributed by atoms with Crippen LogP contribution in [0.4, 0.5) is 0 Å². The largest absolute Gasteiger partial charge is 0.484 e. The van der Waals surface area contributed by atoms with Gasteiger partial charge in [-0.25, -0.2) is 5.10 Å². The summed E-state index contributed by atoms with van der Waals surface area (Å²) in [6, 6.07) is 8.23. The minimum atomic E-state index is 0.130. The highest BCUT2D eigenvalue weighted by atomic mass is 32.1. The average Bonchev–Trinajstić information content (AvgIpc) is 2.80. The molecule has 5 heteroatoms. The first kappa shape index (κ1) is 16.7. The van der Waals surface area contributed by atoms with E-state index in [0.717, 1.165) is 12.2 Å². The number of hydrogen-bond donors (Lipinski definition) is 1. The van der Waals surface area contributed by atoms with Crippen molar-refractivity contribution in [3.63, 3.8) is 0 Å². The van der Waals surface area contributed by atoms with Crippen molar-refractivity contribution in [2.75, 3.05) is 0 Å². The third-order valence-electron chi connectivity index (χ3n) is 3.45. The molecule has 0 saturated carbocycles. The molecule has 0 spiro atoms. The smallest absolute Gasteiger partial charge is 0.284 e. The predicted octanol–water partition coefficient (Wildman–Crippen LogP) is 5.02. The highest BCUT2D eigenvalue weighted by Gasteiger charge is 2.27. The summed E-state index contributed by atoms with van der Waals surface area (Å²) in [5.41, 5.74) is 1.74. The molecular formula is C17H24N2O2S. The summed E-state index contributed by atoms with van der Waals surface area (Å²) in [6.45, 7) is 11.6. The van der Waals surface area contributed by atoms with E-state index >= 15 is 0 Å². The van der Waals surface area contributed by atoms with Gasteiger partial charge in [-0.05, 0) is 47.2 Å². The van der Waals surface area contributed by atoms with E-state index in [-0.39, 0.29) is 16.9 Å². The van der Waals surface area contributed by atoms with Crippen molar-refractivity contribution in [1.82, 2.24) is 10.2 Å². The standard InChI is InChI=1S/C17H24N2O2S/c1-16(2,3)11-17(4,5)12-6-8-13(9-7-12)20-10-14-18-19-15(22)21-14/h6-9H,10-11H2,1-5H3,(H,19,22). The fourth-order valence-electron chi connectivity index (χ4n) is 2.90. The summed E-state index contributed by atoms with van der Waals surface area (Å²) >= 11 is 4.82. The molecule has 1 aromatic carbocycles. The van der Waals surface area contributed by atoms with Crippen molar-refractivity contribution in [3.05, 3.63) is 40.6 Å². The first-order valence-electron chi connectivity index (χ1n) is 7.43. The molecule has 0 radical (unpaired) electrons. The normalized spacial score (nSPS) is 12.4. The lowest BCUT2D eigenvalue weighted by molar-refractivity contribution is 0.260. The number of nitrogens with one attached hydrogen (secondary N) is 1. The van der Waals surface area contributed by atoms with E-state index in [9.17, 15) is 0 Å². The number of aromatic nitrogens is 2. The molecule has 1 N–H and O–H groups in total. The van der Waals surface area contributed by atoms with Crippen LogP contribution in [0, 0.1) is 10.3 Å². The zero-order valence-corrected chi connectivity index (χ0v) is 14.7. The van der Waals surface area contributed by atoms with Crippen LogP contribution in [-0.2, 0) is 12.0 Å². The summed E-state index contributed by atoms with van der Waals surface area (Å²) in [5.74, 6) is 1.24. The van der Waals surface area contributed by atoms with Crippen LogP contribution in [-0.4, -0.2) is 10.2 Å². The van der Waals surface area contributed by atoms with Gasteiger partial charge in [-0.1, -0.05) is 46.8 Å². The molecule has 0 atom stereocenters. The molecule has 0 aliphatic rings. The molecule has 22 heavy (non-hydrogen) atoms. The number of rotatable bonds is 5. The zero-order chi connectivity index (χ0) is 16.4. The molecule has 2 rings (SSSR count). The molecule has 0 aliphatic heterocycles. The molecule has 0 saturated heterocycles. The summed E-state index contributed by atoms with van der Waals surface area (Å²) in [6.07, 6.45) is 1.12. The third kappa shape index (κ3) is 4.70. The molecule has 1 aromatic heterocycles. The fourth-order valence-corrected chi connectivity index (χ4v) is 3.04. The average molecular weight is 320 g/mol. The summed E-state index contributed by atoms with van der Waals surface area (Å²) in [7, 11) is 0. The van der Waals surface area contributed by atoms with Gasteiger partial charge in [0.25, 0.3) is 10.7 Å². The molecule has 0 amide bonds. The van der Waals surface area contributed by atoms with Crippen molar-refractivity contribution in [2.45, 2.75) is 53.1 Å². The van der Waals surface area contributed by atoms with Crippen LogP contribution in [0.25, 0.3) is 0 Å². The second-order valence-electron chi connectivity index (χ2n) is 7.44. The Balaban J connectivity index is 2.02. The molecule has 4 nitrogen and oxygen atoms in total. The Kier molecular flexibility index (Phi) is 4.75. The molecule has 2 aromatic rings. The van der Waals surface area contributed by atoms with Gasteiger partial charge in [0.15, 0.2) is 6.61 Å². The second-order valence-corrected chi connectivity index (χ2v) is 7.81. The third-order valence-corrected chi connectivity index (χ3v) is 3.63. The molecule has 0 unspecified atom stereocenters. The van der Waals surface area contributed by atoms with Crippen LogP contribution in [0.3, 0.4) is 0 Å². The second kappa shape index (κ2) is 6.24. The van der Waals surface area contributed by atoms with Crippen molar-refractivity contribution in [2.24, 2.45) is 5.41 Å². The quantitative estimate of drug-likeness (QED) is 0.785. The van der Waals surface area contributed by atoms with E-state index in [4.69, 9.17) is 21.4 Å². The number of aromatic amines is 1. The molecule has 120 valence electrons. The van der Waals surface area contributed by atoms with Gasteiger partial charge in [0.05, 0.1) is 0 Å². The van der Waals surface area contributed by atoms with Crippen LogP contribution in [0.1, 0.15) is 52.5 Å². The Morgan fingerprint density at radius 3 is 2.27 bits per heavy atom. The van der Waals surface area contributed by atoms with E-state index in [0.29, 0.717) is 11.3 Å². The van der Waals surface area contributed by atoms with Crippen molar-refractivity contribution >= 4 is 12.2 Å². The van der Waals surface area contributed by atoms with E-state index in [1.807, 2.05) is 12.1 Å². The minimum absolute atomic E-state index is 0.130. The van der Waals surface area contributed by atoms with Gasteiger partial charge in [-0.15, -0.1) is 5.10 Å². The first-order valence-corrected chi connectivity index (χ1v) is 7.84. The Labute approximate surface area is 136 Å². The maximum atomic E-state index is 5.65. The molecule has 0 bridgehead atoms. The van der Waals surface area contributed by atoms with E-state index in [2.05, 4.69) is 56.9 Å². The predicted molar refractivity (Wildman–Crippen MR) is 89.6 cm³/mol. The maximum absolute atomic E-state index is 5.65. The lowest BCUT2D eigenvalue weighted by Gasteiger charge is -2.33. The highest BCUT2D eigenvalue weighted by Crippen LogP contribution is 2.36. The molecule has 0 aliphatic carbocycles. The van der Waals surface area contributed by atoms with Crippen molar-refractivity contribution in [3.8, 4) is 5.75 Å². The molecule has 0 fully saturated rings. The Morgan fingerprint density at radius 1 is 1.14 bits per heavy atom. The minimum Gasteiger partial charge on any atom is -0.484 e. The van der Waals surface area contributed by atoms with Crippen molar-refractivity contribution < 1.29 is 9.15 Å². The first-order chi connectivity index (χ1) is 10.2. The Morgan fingerprint density at radius 2 is 1.77 bits per heavy atom. The van der Waals surface area contributed by atoms with Crippen LogP contribution >= 0.6 is 12.2 Å². The summed E-state index contributed by atoms with van der Waals surface area (Å²) < 4.78 is 10.8. The van der Waals surface area contributed by atoms with Gasteiger partial charge in [0.2, 0.25) is 0 Å². The van der Waals surface area contributed by atoms with Crippen LogP contribution in [0.5, 0.6) is 5.75 Å². The van der Waals surface area contributed by atoms with Crippen LogP contribution in [0.15, 0.2) is 28.7 Å². The van der Waals surface area contributed by atoms with Crippen LogP contribution < -0.4 is 4.74 Å². The van der Waals surface area contributed by atoms with Gasteiger partial charge in [-0.2, -0.15) is 0 Å². The zero-order valence-electron chi connectivity index (χ0n) is 13.9. The number of nitrogens with zero attached hydrogens (tertiary/aromatic N) is 1. The number of hydrogen-bond acceptors (Lipinski definition) is 4. The van der Waals surface area contributed by atoms with Gasteiger partial charge < -0.3 is 9.15 Å². The fraction of sp³-hybridized carbons (Fsp3) is 0.529. The molecular weight excluding hydrogens is 296 g/mol. The van der Waals surface area contributed by atoms with E-state index in [1.54, 1.807) is 0 Å². The highest BCUT2D eigenvalue weighted by molar-refractivity contribution is 7.71. The molecule has 1 heterocycles. The Bertz CT molecular complexity index is 663. The van der Waals surface area contributed by atoms with Gasteiger partial charge >= 0.3 is 0 Å². The summed E-state index contributed by atoms with van der Waals surface area (Å²) in [4.78, 5) is 0.262. The Hall–Kier alpha value is -1.62. The maximum Gasteiger partial charge on any atom is 0.284 e. The van der Waals surface area contributed by atoms with Crippen LogP contribution in [0.2, 0.25) is 0 Å². The van der Waals surface area contributed by atoms with E-state index < -0.39 is 0 Å². The summed E-state index contributed by atoms with van der Waals surface area (Å²) in [5, 5.41) is 6.48. The number of ether oxygens (including phenoxy) is 1.